The maximum Gasteiger partial charge on any atom is 0.0871 e. The molecular formula is C17H17NO. The topological polar surface area (TPSA) is 32.6 Å². The fraction of sp³-hybridized carbons (Fsp3) is 0.235. The summed E-state index contributed by atoms with van der Waals surface area (Å²) >= 11 is 0. The van der Waals surface area contributed by atoms with Crippen LogP contribution in [0.25, 0.3) is 0 Å². The largest absolute Gasteiger partial charge is 0.411 e. The van der Waals surface area contributed by atoms with Crippen LogP contribution in [-0.2, 0) is 0 Å². The second-order valence-electron chi connectivity index (χ2n) is 5.14. The van der Waals surface area contributed by atoms with E-state index in [1.54, 1.807) is 0 Å². The summed E-state index contributed by atoms with van der Waals surface area (Å²) in [6, 6.07) is 16.9. The van der Waals surface area contributed by atoms with E-state index in [4.69, 9.17) is 5.21 Å². The van der Waals surface area contributed by atoms with Crippen molar-refractivity contribution < 1.29 is 5.21 Å². The van der Waals surface area contributed by atoms with E-state index < -0.39 is 0 Å². The van der Waals surface area contributed by atoms with Gasteiger partial charge in [-0.05, 0) is 30.9 Å². The molecule has 0 fully saturated rings. The van der Waals surface area contributed by atoms with Gasteiger partial charge in [0.05, 0.1) is 5.71 Å². The van der Waals surface area contributed by atoms with Gasteiger partial charge in [0.1, 0.15) is 0 Å². The van der Waals surface area contributed by atoms with Gasteiger partial charge >= 0.3 is 0 Å². The van der Waals surface area contributed by atoms with E-state index >= 15 is 0 Å². The molecule has 1 atom stereocenters. The van der Waals surface area contributed by atoms with Crippen molar-refractivity contribution in [2.45, 2.75) is 25.7 Å². The van der Waals surface area contributed by atoms with Crippen LogP contribution in [-0.4, -0.2) is 10.9 Å². The molecule has 0 heterocycles. The highest BCUT2D eigenvalue weighted by atomic mass is 16.4. The van der Waals surface area contributed by atoms with Crippen LogP contribution in [0.2, 0.25) is 0 Å². The number of nitrogens with zero attached hydrogens (tertiary/aromatic N) is 1. The Balaban J connectivity index is 2.13. The minimum atomic E-state index is 0.404. The standard InChI is InChI=1S/C17H17NO/c1-12-7-8-15-16(11-12)14(9-10-17(15)18-19)13-5-3-2-4-6-13/h2-8,11,14,19H,9-10H2,1H3/b18-17-/t14-/m0/s1. The van der Waals surface area contributed by atoms with E-state index in [9.17, 15) is 0 Å². The van der Waals surface area contributed by atoms with Crippen molar-refractivity contribution in [3.8, 4) is 0 Å². The summed E-state index contributed by atoms with van der Waals surface area (Å²) in [6.45, 7) is 2.10. The van der Waals surface area contributed by atoms with Crippen molar-refractivity contribution >= 4 is 5.71 Å². The summed E-state index contributed by atoms with van der Waals surface area (Å²) in [6.07, 6.45) is 1.83. The van der Waals surface area contributed by atoms with Gasteiger partial charge in [-0.15, -0.1) is 0 Å². The highest BCUT2D eigenvalue weighted by molar-refractivity contribution is 6.02. The second kappa shape index (κ2) is 4.88. The molecule has 2 heteroatoms. The normalized spacial score (nSPS) is 20.3. The SMILES string of the molecule is Cc1ccc2c(c1)[C@H](c1ccccc1)CC/C2=N/O. The quantitative estimate of drug-likeness (QED) is 0.600. The van der Waals surface area contributed by atoms with Crippen LogP contribution in [0.1, 0.15) is 41.0 Å². The van der Waals surface area contributed by atoms with Gasteiger partial charge in [0, 0.05) is 11.5 Å². The molecule has 0 aliphatic heterocycles. The van der Waals surface area contributed by atoms with Crippen LogP contribution >= 0.6 is 0 Å². The van der Waals surface area contributed by atoms with Crippen LogP contribution in [0.5, 0.6) is 0 Å². The Morgan fingerprint density at radius 1 is 1.11 bits per heavy atom. The fourth-order valence-electron chi connectivity index (χ4n) is 2.94. The molecular weight excluding hydrogens is 234 g/mol. The van der Waals surface area contributed by atoms with E-state index in [0.29, 0.717) is 5.92 Å². The monoisotopic (exact) mass is 251 g/mol. The molecule has 0 aromatic heterocycles. The lowest BCUT2D eigenvalue weighted by atomic mass is 9.77. The number of rotatable bonds is 1. The van der Waals surface area contributed by atoms with E-state index in [0.717, 1.165) is 24.1 Å². The summed E-state index contributed by atoms with van der Waals surface area (Å²) in [4.78, 5) is 0. The maximum atomic E-state index is 9.15. The summed E-state index contributed by atoms with van der Waals surface area (Å²) in [7, 11) is 0. The molecule has 0 saturated heterocycles. The Kier molecular flexibility index (Phi) is 3.08. The summed E-state index contributed by atoms with van der Waals surface area (Å²) in [5.41, 5.74) is 5.77. The Bertz CT molecular complexity index is 616. The van der Waals surface area contributed by atoms with Gasteiger partial charge in [0.15, 0.2) is 0 Å². The number of benzene rings is 2. The molecule has 3 rings (SSSR count). The third kappa shape index (κ3) is 2.14. The number of oxime groups is 1. The average molecular weight is 251 g/mol. The third-order valence-corrected chi connectivity index (χ3v) is 3.89. The highest BCUT2D eigenvalue weighted by Crippen LogP contribution is 2.37. The fourth-order valence-corrected chi connectivity index (χ4v) is 2.94. The molecule has 2 aromatic rings. The maximum absolute atomic E-state index is 9.15. The molecule has 1 aliphatic rings. The molecule has 2 nitrogen and oxygen atoms in total. The molecule has 0 amide bonds. The smallest absolute Gasteiger partial charge is 0.0871 e. The van der Waals surface area contributed by atoms with Gasteiger partial charge < -0.3 is 5.21 Å². The number of hydrogen-bond donors (Lipinski definition) is 1. The van der Waals surface area contributed by atoms with E-state index in [1.807, 2.05) is 6.07 Å². The Hall–Kier alpha value is -2.09. The van der Waals surface area contributed by atoms with E-state index in [1.165, 1.54) is 16.7 Å². The first-order valence-electron chi connectivity index (χ1n) is 6.66. The highest BCUT2D eigenvalue weighted by Gasteiger charge is 2.25. The molecule has 0 unspecified atom stereocenters. The van der Waals surface area contributed by atoms with Gasteiger partial charge in [0.2, 0.25) is 0 Å². The van der Waals surface area contributed by atoms with Crippen molar-refractivity contribution in [3.05, 3.63) is 70.8 Å². The van der Waals surface area contributed by atoms with Crippen molar-refractivity contribution in [2.24, 2.45) is 5.16 Å². The van der Waals surface area contributed by atoms with E-state index in [2.05, 4.69) is 54.5 Å². The first-order chi connectivity index (χ1) is 9.29. The lowest BCUT2D eigenvalue weighted by Crippen LogP contribution is -2.17. The predicted octanol–water partition coefficient (Wildman–Crippen LogP) is 4.10. The van der Waals surface area contributed by atoms with Crippen molar-refractivity contribution in [1.82, 2.24) is 0 Å². The molecule has 0 saturated carbocycles. The van der Waals surface area contributed by atoms with Crippen molar-refractivity contribution in [1.29, 1.82) is 0 Å². The molecule has 19 heavy (non-hydrogen) atoms. The molecule has 0 spiro atoms. The summed E-state index contributed by atoms with van der Waals surface area (Å²) in [5.74, 6) is 0.404. The minimum absolute atomic E-state index is 0.404. The first kappa shape index (κ1) is 12.0. The second-order valence-corrected chi connectivity index (χ2v) is 5.14. The first-order valence-corrected chi connectivity index (χ1v) is 6.66. The Morgan fingerprint density at radius 2 is 1.89 bits per heavy atom. The predicted molar refractivity (Wildman–Crippen MR) is 77.0 cm³/mol. The Morgan fingerprint density at radius 3 is 2.63 bits per heavy atom. The molecule has 0 radical (unpaired) electrons. The molecule has 1 aliphatic carbocycles. The molecule has 0 bridgehead atoms. The van der Waals surface area contributed by atoms with Gasteiger partial charge in [-0.3, -0.25) is 0 Å². The minimum Gasteiger partial charge on any atom is -0.411 e. The zero-order chi connectivity index (χ0) is 13.2. The zero-order valence-corrected chi connectivity index (χ0v) is 11.0. The average Bonchev–Trinajstić information content (AvgIpc) is 2.46. The Labute approximate surface area is 113 Å². The molecule has 96 valence electrons. The third-order valence-electron chi connectivity index (χ3n) is 3.89. The van der Waals surface area contributed by atoms with Gasteiger partial charge in [-0.1, -0.05) is 59.3 Å². The van der Waals surface area contributed by atoms with Crippen LogP contribution in [0.15, 0.2) is 53.7 Å². The van der Waals surface area contributed by atoms with Gasteiger partial charge in [0.25, 0.3) is 0 Å². The van der Waals surface area contributed by atoms with Crippen LogP contribution in [0.4, 0.5) is 0 Å². The van der Waals surface area contributed by atoms with Crippen LogP contribution < -0.4 is 0 Å². The zero-order valence-electron chi connectivity index (χ0n) is 11.0. The summed E-state index contributed by atoms with van der Waals surface area (Å²) in [5, 5.41) is 12.6. The van der Waals surface area contributed by atoms with Crippen molar-refractivity contribution in [2.75, 3.05) is 0 Å². The summed E-state index contributed by atoms with van der Waals surface area (Å²) < 4.78 is 0. The lowest BCUT2D eigenvalue weighted by molar-refractivity contribution is 0.317. The van der Waals surface area contributed by atoms with Crippen molar-refractivity contribution in [3.63, 3.8) is 0 Å². The van der Waals surface area contributed by atoms with Gasteiger partial charge in [-0.2, -0.15) is 0 Å². The molecule has 2 aromatic carbocycles. The van der Waals surface area contributed by atoms with E-state index in [-0.39, 0.29) is 0 Å². The number of fused-ring (bicyclic) bond motifs is 1. The number of hydrogen-bond acceptors (Lipinski definition) is 2. The van der Waals surface area contributed by atoms with Crippen LogP contribution in [0, 0.1) is 6.92 Å². The van der Waals surface area contributed by atoms with Crippen LogP contribution in [0.3, 0.4) is 0 Å². The van der Waals surface area contributed by atoms with Gasteiger partial charge in [-0.25, -0.2) is 0 Å². The molecule has 1 N–H and O–H groups in total. The number of aryl methyl sites for hydroxylation is 1. The lowest BCUT2D eigenvalue weighted by Gasteiger charge is -2.27.